The number of allylic oxidation sites excluding steroid dienone is 1. The van der Waals surface area contributed by atoms with Crippen molar-refractivity contribution < 1.29 is 14.7 Å². The van der Waals surface area contributed by atoms with E-state index in [1.807, 2.05) is 94.4 Å². The number of aliphatic hydroxyl groups is 1. The Balaban J connectivity index is 0.000000356. The van der Waals surface area contributed by atoms with E-state index in [1.165, 1.54) is 10.6 Å². The number of aryl methyl sites for hydroxylation is 1. The first-order chi connectivity index (χ1) is 24.4. The third kappa shape index (κ3) is 13.1. The zero-order chi connectivity index (χ0) is 37.3. The van der Waals surface area contributed by atoms with Crippen LogP contribution in [0.5, 0.6) is 0 Å². The first kappa shape index (κ1) is 40.5. The average molecular weight is 694 g/mol. The van der Waals surface area contributed by atoms with Crippen molar-refractivity contribution in [2.24, 2.45) is 11.8 Å². The Bertz CT molecular complexity index is 1690. The first-order valence-corrected chi connectivity index (χ1v) is 17.5. The number of aromatic nitrogens is 2. The molecular formula is C41H55N7O3. The Kier molecular flexibility index (Phi) is 16.4. The standard InChI is InChI=1S/C26H38N6O3.C8H9N.C7H8/c1-5-19(4)24(25(34)29-14-21(33)17-31(27)15-18(2)3)32-13-12-30(26(32)35)16-20-10-11-28-23-9-7-6-8-22(20)23;1-7(2)8-5-3-4-6-9-8;1-7-5-3-2-4-6-7/h6-11,19,21,24,33H,2,5,12-17,27H2,1,3-4H3,(H,29,34);3-6H,1H2,2H3;2-6H,1H3/t19?,21-,24?;;/m1../s1. The van der Waals surface area contributed by atoms with Gasteiger partial charge >= 0.3 is 6.03 Å². The highest BCUT2D eigenvalue weighted by Crippen LogP contribution is 2.24. The van der Waals surface area contributed by atoms with Gasteiger partial charge in [-0.1, -0.05) is 99.2 Å². The number of rotatable bonds is 13. The first-order valence-electron chi connectivity index (χ1n) is 17.5. The maximum absolute atomic E-state index is 13.4. The second-order valence-corrected chi connectivity index (χ2v) is 13.2. The number of carbonyl (C=O) groups is 2. The van der Waals surface area contributed by atoms with Crippen molar-refractivity contribution >= 4 is 28.4 Å². The largest absolute Gasteiger partial charge is 0.390 e. The fraction of sp³-hybridized carbons (Fsp3) is 0.366. The predicted molar refractivity (Wildman–Crippen MR) is 207 cm³/mol. The highest BCUT2D eigenvalue weighted by Gasteiger charge is 2.39. The second kappa shape index (κ2) is 20.7. The van der Waals surface area contributed by atoms with E-state index in [0.717, 1.165) is 39.7 Å². The van der Waals surface area contributed by atoms with E-state index in [-0.39, 0.29) is 30.9 Å². The SMILES string of the molecule is C=C(C)CN(N)C[C@H](O)CNC(=O)C(C(C)CC)N1CCN(Cc2ccnc3ccccc23)C1=O.C=C(C)c1ccccn1.Cc1ccccc1. The van der Waals surface area contributed by atoms with Crippen LogP contribution < -0.4 is 11.2 Å². The molecule has 2 unspecified atom stereocenters. The zero-order valence-electron chi connectivity index (χ0n) is 30.8. The molecule has 1 aliphatic heterocycles. The Morgan fingerprint density at radius 1 is 0.980 bits per heavy atom. The molecule has 0 bridgehead atoms. The van der Waals surface area contributed by atoms with E-state index in [0.29, 0.717) is 26.2 Å². The summed E-state index contributed by atoms with van der Waals surface area (Å²) < 4.78 is 0. The van der Waals surface area contributed by atoms with E-state index in [4.69, 9.17) is 5.84 Å². The fourth-order valence-corrected chi connectivity index (χ4v) is 5.65. The number of carbonyl (C=O) groups excluding carboxylic acids is 2. The van der Waals surface area contributed by atoms with Gasteiger partial charge in [-0.15, -0.1) is 0 Å². The summed E-state index contributed by atoms with van der Waals surface area (Å²) >= 11 is 0. The number of fused-ring (bicyclic) bond motifs is 1. The van der Waals surface area contributed by atoms with Crippen molar-refractivity contribution in [2.75, 3.05) is 32.7 Å². The Morgan fingerprint density at radius 3 is 2.25 bits per heavy atom. The van der Waals surface area contributed by atoms with Gasteiger partial charge in [0.2, 0.25) is 5.91 Å². The Morgan fingerprint density at radius 2 is 1.67 bits per heavy atom. The van der Waals surface area contributed by atoms with Crippen LogP contribution in [0.1, 0.15) is 50.9 Å². The van der Waals surface area contributed by atoms with Crippen LogP contribution in [0, 0.1) is 12.8 Å². The van der Waals surface area contributed by atoms with Gasteiger partial charge in [-0.3, -0.25) is 20.6 Å². The highest BCUT2D eigenvalue weighted by atomic mass is 16.3. The molecular weight excluding hydrogens is 638 g/mol. The molecule has 1 aliphatic rings. The van der Waals surface area contributed by atoms with Crippen LogP contribution in [0.4, 0.5) is 4.79 Å². The number of nitrogens with one attached hydrogen (secondary N) is 1. The number of nitrogens with two attached hydrogens (primary N) is 1. The highest BCUT2D eigenvalue weighted by molar-refractivity contribution is 5.89. The zero-order valence-corrected chi connectivity index (χ0v) is 30.8. The number of amides is 3. The molecule has 5 rings (SSSR count). The number of hydrogen-bond acceptors (Lipinski definition) is 7. The van der Waals surface area contributed by atoms with Crippen LogP contribution in [-0.2, 0) is 11.3 Å². The van der Waals surface area contributed by atoms with E-state index >= 15 is 0 Å². The van der Waals surface area contributed by atoms with Gasteiger partial charge in [0.05, 0.1) is 17.3 Å². The molecule has 3 amide bonds. The minimum atomic E-state index is -0.827. The van der Waals surface area contributed by atoms with Crippen LogP contribution in [0.25, 0.3) is 16.5 Å². The average Bonchev–Trinajstić information content (AvgIpc) is 3.46. The molecule has 2 aromatic carbocycles. The van der Waals surface area contributed by atoms with Gasteiger partial charge in [0.25, 0.3) is 0 Å². The molecule has 1 saturated heterocycles. The number of hydrazine groups is 1. The fourth-order valence-electron chi connectivity index (χ4n) is 5.65. The van der Waals surface area contributed by atoms with E-state index in [1.54, 1.807) is 22.2 Å². The smallest absolute Gasteiger partial charge is 0.321 e. The lowest BCUT2D eigenvalue weighted by Gasteiger charge is -2.31. The van der Waals surface area contributed by atoms with Crippen molar-refractivity contribution in [3.8, 4) is 0 Å². The molecule has 4 N–H and O–H groups in total. The van der Waals surface area contributed by atoms with Gasteiger partial charge in [-0.05, 0) is 62.1 Å². The monoisotopic (exact) mass is 693 g/mol. The van der Waals surface area contributed by atoms with Crippen LogP contribution in [-0.4, -0.2) is 86.7 Å². The van der Waals surface area contributed by atoms with E-state index < -0.39 is 12.1 Å². The molecule has 3 atom stereocenters. The lowest BCUT2D eigenvalue weighted by atomic mass is 9.97. The Labute approximate surface area is 303 Å². The molecule has 272 valence electrons. The van der Waals surface area contributed by atoms with Gasteiger partial charge in [0.1, 0.15) is 6.04 Å². The van der Waals surface area contributed by atoms with Gasteiger partial charge in [0.15, 0.2) is 0 Å². The van der Waals surface area contributed by atoms with Crippen LogP contribution >= 0.6 is 0 Å². The number of para-hydroxylation sites is 1. The molecule has 1 fully saturated rings. The van der Waals surface area contributed by atoms with E-state index in [2.05, 4.69) is 47.5 Å². The summed E-state index contributed by atoms with van der Waals surface area (Å²) in [5.41, 5.74) is 6.11. The molecule has 10 heteroatoms. The molecule has 0 aliphatic carbocycles. The molecule has 4 aromatic rings. The summed E-state index contributed by atoms with van der Waals surface area (Å²) in [6.45, 7) is 19.6. The van der Waals surface area contributed by atoms with Crippen molar-refractivity contribution in [2.45, 2.75) is 59.7 Å². The topological polar surface area (TPSA) is 128 Å². The summed E-state index contributed by atoms with van der Waals surface area (Å²) in [6, 6.07) is 25.1. The van der Waals surface area contributed by atoms with Crippen LogP contribution in [0.15, 0.2) is 110 Å². The molecule has 0 radical (unpaired) electrons. The minimum Gasteiger partial charge on any atom is -0.390 e. The van der Waals surface area contributed by atoms with Crippen molar-refractivity contribution in [1.82, 2.24) is 30.1 Å². The van der Waals surface area contributed by atoms with Gasteiger partial charge in [0, 0.05) is 57.0 Å². The number of aliphatic hydroxyl groups excluding tert-OH is 1. The predicted octanol–water partition coefficient (Wildman–Crippen LogP) is 6.23. The number of hydrogen-bond donors (Lipinski definition) is 3. The van der Waals surface area contributed by atoms with Gasteiger partial charge < -0.3 is 20.2 Å². The van der Waals surface area contributed by atoms with Gasteiger partial charge in [-0.25, -0.2) is 9.80 Å². The lowest BCUT2D eigenvalue weighted by Crippen LogP contribution is -2.53. The van der Waals surface area contributed by atoms with E-state index in [9.17, 15) is 14.7 Å². The number of pyridine rings is 2. The molecule has 0 spiro atoms. The normalized spacial score (nSPS) is 14.2. The third-order valence-electron chi connectivity index (χ3n) is 8.49. The van der Waals surface area contributed by atoms with Crippen LogP contribution in [0.3, 0.4) is 0 Å². The molecule has 2 aromatic heterocycles. The second-order valence-electron chi connectivity index (χ2n) is 13.2. The molecule has 3 heterocycles. The molecule has 51 heavy (non-hydrogen) atoms. The van der Waals surface area contributed by atoms with Gasteiger partial charge in [-0.2, -0.15) is 0 Å². The minimum absolute atomic E-state index is 0.0350. The molecule has 10 nitrogen and oxygen atoms in total. The van der Waals surface area contributed by atoms with Crippen LogP contribution in [0.2, 0.25) is 0 Å². The maximum atomic E-state index is 13.4. The summed E-state index contributed by atoms with van der Waals surface area (Å²) in [5.74, 6) is 5.59. The number of benzene rings is 2. The summed E-state index contributed by atoms with van der Waals surface area (Å²) in [5, 5.41) is 15.6. The summed E-state index contributed by atoms with van der Waals surface area (Å²) in [6.07, 6.45) is 3.44. The maximum Gasteiger partial charge on any atom is 0.321 e. The summed E-state index contributed by atoms with van der Waals surface area (Å²) in [4.78, 5) is 38.5. The van der Waals surface area contributed by atoms with Crippen molar-refractivity contribution in [1.29, 1.82) is 0 Å². The van der Waals surface area contributed by atoms with Crippen molar-refractivity contribution in [3.63, 3.8) is 0 Å². The number of urea groups is 1. The third-order valence-corrected chi connectivity index (χ3v) is 8.49. The van der Waals surface area contributed by atoms with Crippen molar-refractivity contribution in [3.05, 3.63) is 127 Å². The number of nitrogens with zero attached hydrogens (tertiary/aromatic N) is 5. The quantitative estimate of drug-likeness (QED) is 0.0862. The molecule has 0 saturated carbocycles. The lowest BCUT2D eigenvalue weighted by molar-refractivity contribution is -0.127. The Hall–Kier alpha value is -4.90. The summed E-state index contributed by atoms with van der Waals surface area (Å²) in [7, 11) is 0.